The van der Waals surface area contributed by atoms with Crippen LogP contribution in [-0.4, -0.2) is 16.8 Å². The van der Waals surface area contributed by atoms with Crippen LogP contribution in [0, 0.1) is 11.8 Å². The first-order valence-electron chi connectivity index (χ1n) is 8.45. The van der Waals surface area contributed by atoms with Crippen molar-refractivity contribution in [2.75, 3.05) is 0 Å². The fourth-order valence-electron chi connectivity index (χ4n) is 3.74. The number of hydrogen-bond acceptors (Lipinski definition) is 4. The molecule has 4 nitrogen and oxygen atoms in total. The van der Waals surface area contributed by atoms with Gasteiger partial charge in [-0.05, 0) is 37.1 Å². The molecule has 2 bridgehead atoms. The van der Waals surface area contributed by atoms with E-state index in [1.54, 1.807) is 36.4 Å². The van der Waals surface area contributed by atoms with Crippen LogP contribution in [-0.2, 0) is 19.7 Å². The molecule has 0 amide bonds. The molecule has 0 aromatic heterocycles. The van der Waals surface area contributed by atoms with Gasteiger partial charge in [-0.2, -0.15) is 0 Å². The second-order valence-electron chi connectivity index (χ2n) is 6.54. The lowest BCUT2D eigenvalue weighted by atomic mass is 9.81. The van der Waals surface area contributed by atoms with Crippen molar-refractivity contribution < 1.29 is 16.8 Å². The van der Waals surface area contributed by atoms with Gasteiger partial charge in [-0.1, -0.05) is 48.6 Å². The number of fused-ring (bicyclic) bond motifs is 1. The predicted molar refractivity (Wildman–Crippen MR) is 99.6 cm³/mol. The van der Waals surface area contributed by atoms with Crippen LogP contribution < -0.4 is 0 Å². The van der Waals surface area contributed by atoms with Crippen molar-refractivity contribution in [3.05, 3.63) is 82.6 Å². The van der Waals surface area contributed by atoms with E-state index in [0.29, 0.717) is 12.8 Å². The molecule has 134 valence electrons. The van der Waals surface area contributed by atoms with Gasteiger partial charge in [0.1, 0.15) is 0 Å². The lowest BCUT2D eigenvalue weighted by molar-refractivity contribution is 0.496. The molecule has 26 heavy (non-hydrogen) atoms. The van der Waals surface area contributed by atoms with Gasteiger partial charge in [0.15, 0.2) is 0 Å². The van der Waals surface area contributed by atoms with Crippen molar-refractivity contribution in [2.24, 2.45) is 11.8 Å². The summed E-state index contributed by atoms with van der Waals surface area (Å²) in [4.78, 5) is 0.367. The van der Waals surface area contributed by atoms with Crippen LogP contribution in [0.3, 0.4) is 0 Å². The summed E-state index contributed by atoms with van der Waals surface area (Å²) < 4.78 is 53.2. The van der Waals surface area contributed by atoms with E-state index in [1.165, 1.54) is 24.3 Å². The second kappa shape index (κ2) is 6.21. The normalized spacial score (nSPS) is 22.6. The summed E-state index contributed by atoms with van der Waals surface area (Å²) in [6.45, 7) is 0. The molecule has 2 aromatic rings. The molecule has 0 spiro atoms. The molecule has 0 saturated carbocycles. The Morgan fingerprint density at radius 3 is 1.23 bits per heavy atom. The average Bonchev–Trinajstić information content (AvgIpc) is 2.69. The summed E-state index contributed by atoms with van der Waals surface area (Å²) in [6, 6.07) is 16.1. The van der Waals surface area contributed by atoms with E-state index in [0.717, 1.165) is 0 Å². The molecule has 2 aromatic carbocycles. The van der Waals surface area contributed by atoms with Gasteiger partial charge < -0.3 is 0 Å². The largest absolute Gasteiger partial charge is 0.219 e. The highest BCUT2D eigenvalue weighted by molar-refractivity contribution is 7.99. The van der Waals surface area contributed by atoms with E-state index in [2.05, 4.69) is 0 Å². The maximum absolute atomic E-state index is 13.3. The predicted octanol–water partition coefficient (Wildman–Crippen LogP) is 3.74. The number of benzene rings is 2. The summed E-state index contributed by atoms with van der Waals surface area (Å²) >= 11 is 0. The van der Waals surface area contributed by atoms with Gasteiger partial charge in [0, 0.05) is 11.8 Å². The zero-order valence-corrected chi connectivity index (χ0v) is 15.6. The molecule has 2 atom stereocenters. The van der Waals surface area contributed by atoms with Crippen molar-refractivity contribution in [3.63, 3.8) is 0 Å². The van der Waals surface area contributed by atoms with Crippen LogP contribution in [0.4, 0.5) is 0 Å². The van der Waals surface area contributed by atoms with Crippen molar-refractivity contribution >= 4 is 19.7 Å². The first kappa shape index (κ1) is 17.2. The molecule has 3 aliphatic carbocycles. The average molecular weight is 386 g/mol. The fourth-order valence-corrected chi connectivity index (χ4v) is 7.96. The van der Waals surface area contributed by atoms with E-state index < -0.39 is 31.5 Å². The molecular weight excluding hydrogens is 368 g/mol. The SMILES string of the molecule is O=S(=O)(C1=C(S(=O)(=O)c2ccccc2)[C@H]2C=C[C@@H]1CC2)c1ccccc1. The molecule has 0 unspecified atom stereocenters. The summed E-state index contributed by atoms with van der Waals surface area (Å²) in [5, 5.41) is 0. The number of sulfone groups is 2. The second-order valence-corrected chi connectivity index (χ2v) is 10.4. The highest BCUT2D eigenvalue weighted by Gasteiger charge is 2.44. The Balaban J connectivity index is 1.99. The summed E-state index contributed by atoms with van der Waals surface area (Å²) in [7, 11) is -7.77. The maximum atomic E-state index is 13.3. The zero-order valence-electron chi connectivity index (χ0n) is 13.9. The molecule has 0 saturated heterocycles. The van der Waals surface area contributed by atoms with Crippen LogP contribution in [0.25, 0.3) is 0 Å². The van der Waals surface area contributed by atoms with E-state index in [4.69, 9.17) is 0 Å². The first-order valence-corrected chi connectivity index (χ1v) is 11.4. The highest BCUT2D eigenvalue weighted by Crippen LogP contribution is 2.48. The molecule has 6 heteroatoms. The Hall–Kier alpha value is -2.18. The summed E-state index contributed by atoms with van der Waals surface area (Å²) in [5.41, 5.74) is 0. The van der Waals surface area contributed by atoms with Crippen LogP contribution in [0.15, 0.2) is 92.4 Å². The quantitative estimate of drug-likeness (QED) is 0.751. The zero-order chi connectivity index (χ0) is 18.4. The number of hydrogen-bond donors (Lipinski definition) is 0. The van der Waals surface area contributed by atoms with Gasteiger partial charge in [0.25, 0.3) is 0 Å². The smallest absolute Gasteiger partial charge is 0.204 e. The minimum absolute atomic E-state index is 0.0475. The standard InChI is InChI=1S/C20H18O4S2/c21-25(22,17-7-3-1-4-8-17)19-15-11-13-16(14-12-15)20(19)26(23,24)18-9-5-2-6-10-18/h1-11,13,15-16H,12,14H2/t15-,16+. The monoisotopic (exact) mass is 386 g/mol. The van der Waals surface area contributed by atoms with Crippen molar-refractivity contribution in [1.82, 2.24) is 0 Å². The van der Waals surface area contributed by atoms with Gasteiger partial charge in [-0.25, -0.2) is 16.8 Å². The Kier molecular flexibility index (Phi) is 4.12. The Bertz CT molecular complexity index is 1010. The molecular formula is C20H18O4S2. The molecule has 0 heterocycles. The third-order valence-electron chi connectivity index (χ3n) is 4.97. The van der Waals surface area contributed by atoms with Gasteiger partial charge in [-0.3, -0.25) is 0 Å². The number of allylic oxidation sites excluding steroid dienone is 4. The van der Waals surface area contributed by atoms with Crippen molar-refractivity contribution in [2.45, 2.75) is 22.6 Å². The third kappa shape index (κ3) is 2.64. The third-order valence-corrected chi connectivity index (χ3v) is 9.08. The molecule has 0 radical (unpaired) electrons. The van der Waals surface area contributed by atoms with Crippen LogP contribution >= 0.6 is 0 Å². The molecule has 3 aliphatic rings. The highest BCUT2D eigenvalue weighted by atomic mass is 32.2. The van der Waals surface area contributed by atoms with E-state index >= 15 is 0 Å². The lowest BCUT2D eigenvalue weighted by Gasteiger charge is -2.35. The molecule has 0 N–H and O–H groups in total. The number of rotatable bonds is 4. The molecule has 0 aliphatic heterocycles. The van der Waals surface area contributed by atoms with E-state index in [1.807, 2.05) is 12.2 Å². The lowest BCUT2D eigenvalue weighted by Crippen LogP contribution is -2.30. The fraction of sp³-hybridized carbons (Fsp3) is 0.200. The van der Waals surface area contributed by atoms with Crippen molar-refractivity contribution in [1.29, 1.82) is 0 Å². The first-order chi connectivity index (χ1) is 12.4. The molecule has 0 fully saturated rings. The van der Waals surface area contributed by atoms with Crippen LogP contribution in [0.5, 0.6) is 0 Å². The maximum Gasteiger partial charge on any atom is 0.204 e. The molecule has 5 rings (SSSR count). The van der Waals surface area contributed by atoms with Crippen molar-refractivity contribution in [3.8, 4) is 0 Å². The van der Waals surface area contributed by atoms with Crippen LogP contribution in [0.1, 0.15) is 12.8 Å². The van der Waals surface area contributed by atoms with Gasteiger partial charge in [0.2, 0.25) is 19.7 Å². The Morgan fingerprint density at radius 2 is 0.923 bits per heavy atom. The van der Waals surface area contributed by atoms with E-state index in [-0.39, 0.29) is 19.6 Å². The minimum atomic E-state index is -3.88. The summed E-state index contributed by atoms with van der Waals surface area (Å²) in [5.74, 6) is -0.780. The Labute approximate surface area is 153 Å². The van der Waals surface area contributed by atoms with Gasteiger partial charge >= 0.3 is 0 Å². The van der Waals surface area contributed by atoms with Gasteiger partial charge in [0.05, 0.1) is 19.6 Å². The Morgan fingerprint density at radius 1 is 0.577 bits per heavy atom. The van der Waals surface area contributed by atoms with Gasteiger partial charge in [-0.15, -0.1) is 0 Å². The topological polar surface area (TPSA) is 68.3 Å². The summed E-state index contributed by atoms with van der Waals surface area (Å²) in [6.07, 6.45) is 4.98. The van der Waals surface area contributed by atoms with E-state index in [9.17, 15) is 16.8 Å². The van der Waals surface area contributed by atoms with Crippen LogP contribution in [0.2, 0.25) is 0 Å². The minimum Gasteiger partial charge on any atom is -0.219 e.